The summed E-state index contributed by atoms with van der Waals surface area (Å²) in [6.45, 7) is -1.32. The molecule has 0 saturated heterocycles. The van der Waals surface area contributed by atoms with Crippen molar-refractivity contribution in [2.24, 2.45) is 0 Å². The fourth-order valence-electron chi connectivity index (χ4n) is 2.06. The molecule has 28 heavy (non-hydrogen) atoms. The highest BCUT2D eigenvalue weighted by atomic mass is 19.2. The van der Waals surface area contributed by atoms with E-state index >= 15 is 0 Å². The Balaban J connectivity index is 1.74. The Kier molecular flexibility index (Phi) is 7.08. The van der Waals surface area contributed by atoms with Crippen molar-refractivity contribution in [2.45, 2.75) is 6.42 Å². The number of esters is 1. The van der Waals surface area contributed by atoms with E-state index in [-0.39, 0.29) is 6.42 Å². The van der Waals surface area contributed by atoms with E-state index < -0.39 is 59.9 Å². The number of carbonyl (C=O) groups excluding carboxylic acids is 3. The largest absolute Gasteiger partial charge is 0.455 e. The Hall–Kier alpha value is -3.43. The summed E-state index contributed by atoms with van der Waals surface area (Å²) in [4.78, 5) is 34.8. The SMILES string of the molecule is O=C(COC(=O)Cc1cccc(F)c1)NCC(=O)Nc1ccc(F)c(F)c1F. The molecular formula is C18H14F4N2O4. The van der Waals surface area contributed by atoms with E-state index in [1.807, 2.05) is 5.32 Å². The minimum Gasteiger partial charge on any atom is -0.455 e. The van der Waals surface area contributed by atoms with Gasteiger partial charge in [-0.15, -0.1) is 0 Å². The van der Waals surface area contributed by atoms with Gasteiger partial charge in [0.15, 0.2) is 24.1 Å². The summed E-state index contributed by atoms with van der Waals surface area (Å²) in [7, 11) is 0. The van der Waals surface area contributed by atoms with Crippen LogP contribution in [0.1, 0.15) is 5.56 Å². The molecule has 0 bridgehead atoms. The van der Waals surface area contributed by atoms with Crippen LogP contribution in [0.15, 0.2) is 36.4 Å². The second-order valence-electron chi connectivity index (χ2n) is 5.52. The molecule has 2 rings (SSSR count). The number of anilines is 1. The van der Waals surface area contributed by atoms with Gasteiger partial charge >= 0.3 is 5.97 Å². The molecule has 10 heteroatoms. The summed E-state index contributed by atoms with van der Waals surface area (Å²) in [6, 6.07) is 6.72. The highest BCUT2D eigenvalue weighted by Crippen LogP contribution is 2.19. The maximum absolute atomic E-state index is 13.4. The van der Waals surface area contributed by atoms with Gasteiger partial charge in [-0.3, -0.25) is 14.4 Å². The number of hydrogen-bond donors (Lipinski definition) is 2. The molecule has 148 valence electrons. The van der Waals surface area contributed by atoms with E-state index in [4.69, 9.17) is 0 Å². The van der Waals surface area contributed by atoms with Crippen molar-refractivity contribution in [1.82, 2.24) is 5.32 Å². The number of ether oxygens (including phenoxy) is 1. The third kappa shape index (κ3) is 6.08. The van der Waals surface area contributed by atoms with Crippen LogP contribution in [-0.4, -0.2) is 30.9 Å². The minimum absolute atomic E-state index is 0.249. The van der Waals surface area contributed by atoms with E-state index in [1.165, 1.54) is 18.2 Å². The fourth-order valence-corrected chi connectivity index (χ4v) is 2.06. The summed E-state index contributed by atoms with van der Waals surface area (Å²) in [5.74, 6) is -7.78. The summed E-state index contributed by atoms with van der Waals surface area (Å²) < 4.78 is 57.0. The summed E-state index contributed by atoms with van der Waals surface area (Å²) in [5.41, 5.74) is -0.238. The average molecular weight is 398 g/mol. The van der Waals surface area contributed by atoms with Crippen LogP contribution in [0.2, 0.25) is 0 Å². The van der Waals surface area contributed by atoms with Gasteiger partial charge in [-0.2, -0.15) is 0 Å². The first kappa shape index (κ1) is 20.9. The molecule has 0 unspecified atom stereocenters. The molecule has 0 aromatic heterocycles. The van der Waals surface area contributed by atoms with Gasteiger partial charge in [-0.05, 0) is 29.8 Å². The predicted octanol–water partition coefficient (Wildman–Crippen LogP) is 2.08. The fraction of sp³-hybridized carbons (Fsp3) is 0.167. The van der Waals surface area contributed by atoms with Gasteiger partial charge in [0, 0.05) is 0 Å². The van der Waals surface area contributed by atoms with Gasteiger partial charge in [-0.25, -0.2) is 17.6 Å². The topological polar surface area (TPSA) is 84.5 Å². The quantitative estimate of drug-likeness (QED) is 0.425. The van der Waals surface area contributed by atoms with Gasteiger partial charge in [0.2, 0.25) is 5.91 Å². The number of amides is 2. The molecule has 0 spiro atoms. The zero-order valence-electron chi connectivity index (χ0n) is 14.2. The van der Waals surface area contributed by atoms with Crippen LogP contribution < -0.4 is 10.6 Å². The smallest absolute Gasteiger partial charge is 0.310 e. The number of rotatable bonds is 7. The molecule has 2 aromatic carbocycles. The monoisotopic (exact) mass is 398 g/mol. The normalized spacial score (nSPS) is 10.3. The van der Waals surface area contributed by atoms with E-state index in [0.29, 0.717) is 11.6 Å². The Morgan fingerprint density at radius 3 is 2.39 bits per heavy atom. The number of benzene rings is 2. The molecule has 0 aliphatic carbocycles. The lowest BCUT2D eigenvalue weighted by molar-refractivity contribution is -0.147. The number of carbonyl (C=O) groups is 3. The van der Waals surface area contributed by atoms with Crippen molar-refractivity contribution < 1.29 is 36.7 Å². The van der Waals surface area contributed by atoms with Crippen LogP contribution in [0.25, 0.3) is 0 Å². The molecule has 0 fully saturated rings. The van der Waals surface area contributed by atoms with E-state index in [1.54, 1.807) is 0 Å². The van der Waals surface area contributed by atoms with Crippen molar-refractivity contribution in [3.63, 3.8) is 0 Å². The highest BCUT2D eigenvalue weighted by Gasteiger charge is 2.16. The van der Waals surface area contributed by atoms with Gasteiger partial charge in [0.1, 0.15) is 5.82 Å². The first-order valence-electron chi connectivity index (χ1n) is 7.86. The first-order chi connectivity index (χ1) is 13.3. The summed E-state index contributed by atoms with van der Waals surface area (Å²) in [5, 5.41) is 4.06. The van der Waals surface area contributed by atoms with Crippen molar-refractivity contribution >= 4 is 23.5 Å². The van der Waals surface area contributed by atoms with Crippen LogP contribution in [0.5, 0.6) is 0 Å². The Morgan fingerprint density at radius 2 is 1.68 bits per heavy atom. The zero-order valence-corrected chi connectivity index (χ0v) is 14.2. The van der Waals surface area contributed by atoms with Crippen LogP contribution >= 0.6 is 0 Å². The maximum Gasteiger partial charge on any atom is 0.310 e. The van der Waals surface area contributed by atoms with Crippen LogP contribution in [0, 0.1) is 23.3 Å². The molecule has 0 radical (unpaired) electrons. The van der Waals surface area contributed by atoms with Crippen LogP contribution in [-0.2, 0) is 25.5 Å². The molecule has 2 N–H and O–H groups in total. The molecule has 0 aliphatic rings. The summed E-state index contributed by atoms with van der Waals surface area (Å²) >= 11 is 0. The minimum atomic E-state index is -1.74. The standard InChI is InChI=1S/C18H14F4N2O4/c19-11-3-1-2-10(6-11)7-16(27)28-9-15(26)23-8-14(25)24-13-5-4-12(20)17(21)18(13)22/h1-6H,7-9H2,(H,23,26)(H,24,25). The van der Waals surface area contributed by atoms with E-state index in [2.05, 4.69) is 10.1 Å². The Bertz CT molecular complexity index is 905. The van der Waals surface area contributed by atoms with Crippen molar-refractivity contribution in [3.8, 4) is 0 Å². The first-order valence-corrected chi connectivity index (χ1v) is 7.86. The molecule has 0 aliphatic heterocycles. The third-order valence-corrected chi connectivity index (χ3v) is 3.36. The van der Waals surface area contributed by atoms with Crippen molar-refractivity contribution in [1.29, 1.82) is 0 Å². The lowest BCUT2D eigenvalue weighted by atomic mass is 10.1. The third-order valence-electron chi connectivity index (χ3n) is 3.36. The van der Waals surface area contributed by atoms with Crippen molar-refractivity contribution in [3.05, 3.63) is 65.2 Å². The molecule has 0 heterocycles. The second kappa shape index (κ2) is 9.49. The van der Waals surface area contributed by atoms with Crippen LogP contribution in [0.4, 0.5) is 23.2 Å². The van der Waals surface area contributed by atoms with Gasteiger partial charge in [0.05, 0.1) is 18.7 Å². The second-order valence-corrected chi connectivity index (χ2v) is 5.52. The number of hydrogen-bond acceptors (Lipinski definition) is 4. The number of nitrogens with one attached hydrogen (secondary N) is 2. The van der Waals surface area contributed by atoms with Gasteiger partial charge < -0.3 is 15.4 Å². The molecule has 6 nitrogen and oxygen atoms in total. The maximum atomic E-state index is 13.4. The zero-order chi connectivity index (χ0) is 20.7. The molecular weight excluding hydrogens is 384 g/mol. The number of halogens is 4. The van der Waals surface area contributed by atoms with Gasteiger partial charge in [-0.1, -0.05) is 12.1 Å². The molecule has 0 atom stereocenters. The Labute approximate surface area is 156 Å². The highest BCUT2D eigenvalue weighted by molar-refractivity contribution is 5.95. The van der Waals surface area contributed by atoms with Crippen LogP contribution in [0.3, 0.4) is 0 Å². The lowest BCUT2D eigenvalue weighted by Crippen LogP contribution is -2.35. The summed E-state index contributed by atoms with van der Waals surface area (Å²) in [6.07, 6.45) is -0.249. The van der Waals surface area contributed by atoms with E-state index in [9.17, 15) is 31.9 Å². The average Bonchev–Trinajstić information content (AvgIpc) is 2.65. The molecule has 2 aromatic rings. The Morgan fingerprint density at radius 1 is 0.929 bits per heavy atom. The predicted molar refractivity (Wildman–Crippen MR) is 89.0 cm³/mol. The lowest BCUT2D eigenvalue weighted by Gasteiger charge is -2.09. The van der Waals surface area contributed by atoms with Crippen molar-refractivity contribution in [2.75, 3.05) is 18.5 Å². The van der Waals surface area contributed by atoms with Gasteiger partial charge in [0.25, 0.3) is 5.91 Å². The molecule has 2 amide bonds. The molecule has 0 saturated carbocycles. The van der Waals surface area contributed by atoms with E-state index in [0.717, 1.165) is 12.1 Å².